The first-order valence-corrected chi connectivity index (χ1v) is 6.81. The number of rotatable bonds is 6. The number of hydrazone groups is 1. The third kappa shape index (κ3) is 4.35. The van der Waals surface area contributed by atoms with Gasteiger partial charge in [-0.1, -0.05) is 23.5 Å². The minimum atomic E-state index is -0.578. The number of para-hydroxylation sites is 1. The molecule has 1 amide bonds. The summed E-state index contributed by atoms with van der Waals surface area (Å²) in [6.45, 7) is -0.400. The molecule has 0 bridgehead atoms. The normalized spacial score (nSPS) is 10.6. The molecule has 0 saturated heterocycles. The van der Waals surface area contributed by atoms with E-state index in [1.807, 2.05) is 0 Å². The van der Waals surface area contributed by atoms with Crippen molar-refractivity contribution in [3.63, 3.8) is 0 Å². The summed E-state index contributed by atoms with van der Waals surface area (Å²) in [5.74, 6) is -1.18. The van der Waals surface area contributed by atoms with Gasteiger partial charge in [-0.15, -0.1) is 0 Å². The van der Waals surface area contributed by atoms with Crippen molar-refractivity contribution in [2.75, 3.05) is 6.61 Å². The van der Waals surface area contributed by atoms with Crippen molar-refractivity contribution in [3.8, 4) is 5.75 Å². The summed E-state index contributed by atoms with van der Waals surface area (Å²) in [6.07, 6.45) is 1.28. The fraction of sp³-hybridized carbons (Fsp3) is 0.0769. The van der Waals surface area contributed by atoms with Crippen molar-refractivity contribution in [1.29, 1.82) is 0 Å². The zero-order chi connectivity index (χ0) is 15.9. The van der Waals surface area contributed by atoms with Gasteiger partial charge in [0.25, 0.3) is 5.91 Å². The van der Waals surface area contributed by atoms with Gasteiger partial charge in [0.2, 0.25) is 0 Å². The Balaban J connectivity index is 1.81. The third-order valence-electron chi connectivity index (χ3n) is 2.37. The SMILES string of the molecule is O=C(COc1ccccc1F)N/N=C\c1ccc([N+](=O)[O-])s1. The average molecular weight is 323 g/mol. The van der Waals surface area contributed by atoms with Crippen LogP contribution in [0, 0.1) is 15.9 Å². The number of halogens is 1. The van der Waals surface area contributed by atoms with E-state index in [1.54, 1.807) is 6.07 Å². The lowest BCUT2D eigenvalue weighted by Crippen LogP contribution is -2.24. The maximum absolute atomic E-state index is 13.2. The molecule has 114 valence electrons. The second kappa shape index (κ2) is 7.27. The van der Waals surface area contributed by atoms with Crippen molar-refractivity contribution >= 4 is 28.5 Å². The molecular weight excluding hydrogens is 313 g/mol. The highest BCUT2D eigenvalue weighted by atomic mass is 32.1. The predicted octanol–water partition coefficient (Wildman–Crippen LogP) is 2.32. The highest BCUT2D eigenvalue weighted by Gasteiger charge is 2.08. The van der Waals surface area contributed by atoms with E-state index in [1.165, 1.54) is 36.5 Å². The van der Waals surface area contributed by atoms with Gasteiger partial charge in [-0.3, -0.25) is 14.9 Å². The van der Waals surface area contributed by atoms with E-state index in [0.29, 0.717) is 4.88 Å². The van der Waals surface area contributed by atoms with Gasteiger partial charge in [0.05, 0.1) is 16.0 Å². The van der Waals surface area contributed by atoms with Crippen LogP contribution in [0.1, 0.15) is 4.88 Å². The molecule has 1 aromatic heterocycles. The van der Waals surface area contributed by atoms with E-state index < -0.39 is 23.3 Å². The molecule has 0 fully saturated rings. The molecule has 2 aromatic rings. The van der Waals surface area contributed by atoms with Gasteiger partial charge in [-0.2, -0.15) is 5.10 Å². The first kappa shape index (κ1) is 15.6. The van der Waals surface area contributed by atoms with Crippen LogP contribution in [0.4, 0.5) is 9.39 Å². The van der Waals surface area contributed by atoms with E-state index in [2.05, 4.69) is 10.5 Å². The summed E-state index contributed by atoms with van der Waals surface area (Å²) in [6, 6.07) is 8.56. The molecule has 2 rings (SSSR count). The molecule has 0 atom stereocenters. The average Bonchev–Trinajstić information content (AvgIpc) is 2.95. The quantitative estimate of drug-likeness (QED) is 0.501. The molecular formula is C13H10FN3O4S. The predicted molar refractivity (Wildman–Crippen MR) is 78.6 cm³/mol. The second-order valence-corrected chi connectivity index (χ2v) is 5.04. The van der Waals surface area contributed by atoms with Gasteiger partial charge in [0.1, 0.15) is 0 Å². The molecule has 0 unspecified atom stereocenters. The molecule has 0 saturated carbocycles. The van der Waals surface area contributed by atoms with Crippen LogP contribution in [0.5, 0.6) is 5.75 Å². The molecule has 0 aliphatic rings. The summed E-state index contributed by atoms with van der Waals surface area (Å²) < 4.78 is 18.2. The highest BCUT2D eigenvalue weighted by molar-refractivity contribution is 7.16. The number of carbonyl (C=O) groups is 1. The molecule has 1 aromatic carbocycles. The lowest BCUT2D eigenvalue weighted by atomic mass is 10.3. The van der Waals surface area contributed by atoms with Crippen LogP contribution in [0.3, 0.4) is 0 Å². The van der Waals surface area contributed by atoms with Gasteiger partial charge in [0.15, 0.2) is 18.2 Å². The number of hydrogen-bond acceptors (Lipinski definition) is 6. The van der Waals surface area contributed by atoms with Crippen LogP contribution in [-0.2, 0) is 4.79 Å². The Labute approximate surface area is 128 Å². The number of thiophene rings is 1. The fourth-order valence-corrected chi connectivity index (χ4v) is 2.11. The number of ether oxygens (including phenoxy) is 1. The van der Waals surface area contributed by atoms with E-state index in [4.69, 9.17) is 4.74 Å². The number of nitrogens with zero attached hydrogens (tertiary/aromatic N) is 2. The summed E-state index contributed by atoms with van der Waals surface area (Å²) >= 11 is 0.924. The molecule has 0 spiro atoms. The van der Waals surface area contributed by atoms with Crippen LogP contribution < -0.4 is 10.2 Å². The lowest BCUT2D eigenvalue weighted by molar-refractivity contribution is -0.380. The van der Waals surface area contributed by atoms with Gasteiger partial charge in [-0.05, 0) is 18.2 Å². The van der Waals surface area contributed by atoms with Gasteiger partial charge in [-0.25, -0.2) is 9.82 Å². The van der Waals surface area contributed by atoms with Crippen molar-refractivity contribution in [3.05, 3.63) is 57.2 Å². The third-order valence-corrected chi connectivity index (χ3v) is 3.34. The molecule has 0 radical (unpaired) electrons. The van der Waals surface area contributed by atoms with E-state index in [0.717, 1.165) is 11.3 Å². The van der Waals surface area contributed by atoms with Crippen LogP contribution >= 0.6 is 11.3 Å². The Morgan fingerprint density at radius 2 is 2.18 bits per heavy atom. The smallest absolute Gasteiger partial charge is 0.324 e. The minimum Gasteiger partial charge on any atom is -0.481 e. The Kier molecular flexibility index (Phi) is 5.15. The molecule has 9 heteroatoms. The first-order chi connectivity index (χ1) is 10.6. The van der Waals surface area contributed by atoms with Crippen LogP contribution in [0.25, 0.3) is 0 Å². The molecule has 1 heterocycles. The standard InChI is InChI=1S/C13H10FN3O4S/c14-10-3-1-2-4-11(10)21-8-12(18)16-15-7-9-5-6-13(22-9)17(19)20/h1-7H,8H2,(H,16,18)/b15-7-. The maximum atomic E-state index is 13.2. The summed E-state index contributed by atoms with van der Waals surface area (Å²) in [5, 5.41) is 14.1. The molecule has 22 heavy (non-hydrogen) atoms. The van der Waals surface area contributed by atoms with Gasteiger partial charge in [0, 0.05) is 6.07 Å². The fourth-order valence-electron chi connectivity index (χ4n) is 1.41. The van der Waals surface area contributed by atoms with Crippen LogP contribution in [0.15, 0.2) is 41.5 Å². The number of nitro groups is 1. The molecule has 0 aliphatic heterocycles. The molecule has 7 nitrogen and oxygen atoms in total. The van der Waals surface area contributed by atoms with Crippen LogP contribution in [0.2, 0.25) is 0 Å². The van der Waals surface area contributed by atoms with E-state index >= 15 is 0 Å². The lowest BCUT2D eigenvalue weighted by Gasteiger charge is -2.05. The summed E-state index contributed by atoms with van der Waals surface area (Å²) in [4.78, 5) is 22.0. The first-order valence-electron chi connectivity index (χ1n) is 5.99. The Hall–Kier alpha value is -2.81. The second-order valence-electron chi connectivity index (χ2n) is 3.95. The van der Waals surface area contributed by atoms with E-state index in [-0.39, 0.29) is 10.8 Å². The van der Waals surface area contributed by atoms with Crippen molar-refractivity contribution < 1.29 is 18.8 Å². The zero-order valence-electron chi connectivity index (χ0n) is 11.1. The number of benzene rings is 1. The highest BCUT2D eigenvalue weighted by Crippen LogP contribution is 2.22. The Bertz CT molecular complexity index is 717. The van der Waals surface area contributed by atoms with Crippen molar-refractivity contribution in [2.45, 2.75) is 0 Å². The zero-order valence-corrected chi connectivity index (χ0v) is 11.9. The Morgan fingerprint density at radius 3 is 2.86 bits per heavy atom. The Morgan fingerprint density at radius 1 is 1.41 bits per heavy atom. The van der Waals surface area contributed by atoms with Gasteiger partial charge < -0.3 is 4.74 Å². The summed E-state index contributed by atoms with van der Waals surface area (Å²) in [5.41, 5.74) is 2.18. The monoisotopic (exact) mass is 323 g/mol. The number of hydrogen-bond donors (Lipinski definition) is 1. The van der Waals surface area contributed by atoms with Crippen molar-refractivity contribution in [2.24, 2.45) is 5.10 Å². The van der Waals surface area contributed by atoms with Crippen molar-refractivity contribution in [1.82, 2.24) is 5.43 Å². The number of carbonyl (C=O) groups excluding carboxylic acids is 1. The topological polar surface area (TPSA) is 93.8 Å². The summed E-state index contributed by atoms with van der Waals surface area (Å²) in [7, 11) is 0. The van der Waals surface area contributed by atoms with Gasteiger partial charge >= 0.3 is 5.00 Å². The minimum absolute atomic E-state index is 0.0179. The maximum Gasteiger partial charge on any atom is 0.324 e. The largest absolute Gasteiger partial charge is 0.481 e. The number of amides is 1. The van der Waals surface area contributed by atoms with Crippen LogP contribution in [-0.4, -0.2) is 23.7 Å². The molecule has 1 N–H and O–H groups in total. The van der Waals surface area contributed by atoms with E-state index in [9.17, 15) is 19.3 Å². The molecule has 0 aliphatic carbocycles. The number of nitrogens with one attached hydrogen (secondary N) is 1.